The first kappa shape index (κ1) is 111. The molecule has 0 spiro atoms. The highest BCUT2D eigenvalue weighted by atomic mass is 33.1. The molecule has 0 fully saturated rings. The minimum absolute atomic E-state index is 0.0155. The van der Waals surface area contributed by atoms with E-state index < -0.39 is 0 Å². The van der Waals surface area contributed by atoms with Gasteiger partial charge in [-0.05, 0) is 69.2 Å². The first-order valence-corrected chi connectivity index (χ1v) is 42.7. The van der Waals surface area contributed by atoms with E-state index in [1.165, 1.54) is 132 Å². The van der Waals surface area contributed by atoms with Crippen LogP contribution in [0.15, 0.2) is 0 Å². The highest BCUT2D eigenvalue weighted by Crippen LogP contribution is 2.20. The normalized spacial score (nSPS) is 9.48. The second kappa shape index (κ2) is 102. The second-order valence-corrected chi connectivity index (χ2v) is 32.6. The maximum atomic E-state index is 11.4. The van der Waals surface area contributed by atoms with Crippen LogP contribution in [0, 0.1) is 0 Å². The molecule has 19 nitrogen and oxygen atoms in total. The first-order chi connectivity index (χ1) is 42.5. The number of nitrogens with two attached hydrogens (primary N) is 1. The van der Waals surface area contributed by atoms with Gasteiger partial charge < -0.3 is 39.6 Å². The van der Waals surface area contributed by atoms with Crippen molar-refractivity contribution < 1.29 is 76.4 Å². The molecule has 0 unspecified atom stereocenters. The van der Waals surface area contributed by atoms with Crippen LogP contribution in [0.25, 0.3) is 0 Å². The van der Waals surface area contributed by atoms with Crippen LogP contribution in [0.2, 0.25) is 0 Å². The van der Waals surface area contributed by atoms with Crippen LogP contribution >= 0.6 is 108 Å². The molecular formula is C61H123N3O16S10. The van der Waals surface area contributed by atoms with Crippen molar-refractivity contribution in [2.75, 3.05) is 156 Å². The number of rotatable bonds is 47. The van der Waals surface area contributed by atoms with Gasteiger partial charge in [0.2, 0.25) is 5.91 Å². The van der Waals surface area contributed by atoms with Gasteiger partial charge in [-0.3, -0.25) is 52.7 Å². The zero-order valence-electron chi connectivity index (χ0n) is 58.9. The molecule has 0 aromatic rings. The van der Waals surface area contributed by atoms with E-state index >= 15 is 0 Å². The number of nitrogens with one attached hydrogen (secondary N) is 1. The topological polar surface area (TPSA) is 275 Å². The summed E-state index contributed by atoms with van der Waals surface area (Å²) in [7, 11) is 19.2. The van der Waals surface area contributed by atoms with Crippen LogP contribution in [0.5, 0.6) is 0 Å². The quantitative estimate of drug-likeness (QED) is 0.0423. The molecule has 0 aliphatic heterocycles. The third-order valence-corrected chi connectivity index (χ3v) is 20.4. The van der Waals surface area contributed by atoms with E-state index in [9.17, 15) is 52.7 Å². The molecule has 0 saturated heterocycles. The highest BCUT2D eigenvalue weighted by Gasteiger charge is 2.15. The van der Waals surface area contributed by atoms with Crippen molar-refractivity contribution >= 4 is 172 Å². The zero-order chi connectivity index (χ0) is 71.5. The van der Waals surface area contributed by atoms with Crippen LogP contribution in [0.4, 0.5) is 0 Å². The van der Waals surface area contributed by atoms with Crippen molar-refractivity contribution in [3.05, 3.63) is 0 Å². The summed E-state index contributed by atoms with van der Waals surface area (Å²) in [5, 5.41) is 2.69. The summed E-state index contributed by atoms with van der Waals surface area (Å²) >= 11 is 0. The van der Waals surface area contributed by atoms with E-state index in [4.69, 9.17) is 24.7 Å². The first-order valence-electron chi connectivity index (χ1n) is 30.3. The Hall–Kier alpha value is -0.610. The summed E-state index contributed by atoms with van der Waals surface area (Å²) in [5.41, 5.74) is 5.21. The van der Waals surface area contributed by atoms with Crippen molar-refractivity contribution in [3.8, 4) is 0 Å². The second-order valence-electron chi connectivity index (χ2n) is 17.4. The predicted molar refractivity (Wildman–Crippen MR) is 404 cm³/mol. The molecule has 0 radical (unpaired) electrons. The van der Waals surface area contributed by atoms with Crippen molar-refractivity contribution in [2.24, 2.45) is 5.73 Å². The molecule has 0 heterocycles. The summed E-state index contributed by atoms with van der Waals surface area (Å²) in [6, 6.07) is 0. The van der Waals surface area contributed by atoms with Gasteiger partial charge in [-0.1, -0.05) is 177 Å². The Morgan fingerprint density at radius 3 is 0.644 bits per heavy atom. The maximum absolute atomic E-state index is 11.4. The Morgan fingerprint density at radius 1 is 0.289 bits per heavy atom. The highest BCUT2D eigenvalue weighted by molar-refractivity contribution is 8.77. The lowest BCUT2D eigenvalue weighted by Gasteiger charge is -2.19. The molecule has 0 aromatic carbocycles. The fourth-order valence-corrected chi connectivity index (χ4v) is 10.8. The fraction of sp³-hybridized carbons (Fsp3) is 0.820. The van der Waals surface area contributed by atoms with E-state index in [1.807, 2.05) is 108 Å². The number of hydrogen-bond donors (Lipinski definition) is 2. The van der Waals surface area contributed by atoms with E-state index in [-0.39, 0.29) is 103 Å². The van der Waals surface area contributed by atoms with E-state index in [0.29, 0.717) is 91.6 Å². The minimum atomic E-state index is -0.252. The smallest absolute Gasteiger partial charge is 0.224 e. The fourth-order valence-electron chi connectivity index (χ4n) is 4.15. The standard InChI is InChI=1S/2C10H18O4.C9H16N2O3.C6H11NO2.C6H10O3.5C4H10S2/c2*1-9(11)3-5-13-7-8-14-6-4-10(2)12;1-7(12)5-11(6-8(2)13)9(14)3-4-10;1-5(8)3-7-4-6(2)9;1-5(7)3-9-4-6(2)8;5*1-3-5-6-4-2/h2*3-8H2,1-2H3;3-6,10H2,1-2H3;7H,3-4H2,1-2H3;3-4H2,1-2H3;5*3-4H2,1-2H3. The third kappa shape index (κ3) is 162. The number of Topliss-reactive ketones (excluding diaryl/α,β-unsaturated/α-hetero) is 10. The average Bonchev–Trinajstić information content (AvgIpc) is 3.69. The van der Waals surface area contributed by atoms with Gasteiger partial charge in [0.05, 0.1) is 79.0 Å². The number of ketones is 10. The SMILES string of the molecule is CC(=O)CCOCCOCCC(C)=O.CC(=O)CCOCCOCCC(C)=O.CC(=O)CN(CC(C)=O)C(=O)CCN.CC(=O)CNCC(C)=O.CC(=O)COCC(C)=O.CCSSCC.CCSSCC.CCSSCC.CCSSCC.CCSSCC. The molecule has 0 rings (SSSR count). The van der Waals surface area contributed by atoms with Crippen LogP contribution in [-0.4, -0.2) is 225 Å². The van der Waals surface area contributed by atoms with Crippen molar-refractivity contribution in [2.45, 2.75) is 171 Å². The van der Waals surface area contributed by atoms with Crippen molar-refractivity contribution in [1.82, 2.24) is 10.2 Å². The van der Waals surface area contributed by atoms with Gasteiger partial charge in [-0.15, -0.1) is 0 Å². The van der Waals surface area contributed by atoms with Crippen molar-refractivity contribution in [1.29, 1.82) is 0 Å². The van der Waals surface area contributed by atoms with E-state index in [2.05, 4.69) is 79.3 Å². The van der Waals surface area contributed by atoms with Gasteiger partial charge in [0.15, 0.2) is 11.6 Å². The molecule has 0 aliphatic carbocycles. The molecule has 90 heavy (non-hydrogen) atoms. The van der Waals surface area contributed by atoms with Gasteiger partial charge in [0, 0.05) is 96.2 Å². The number of amides is 1. The van der Waals surface area contributed by atoms with Gasteiger partial charge in [0.1, 0.15) is 59.5 Å². The molecule has 0 saturated carbocycles. The average molecular weight is 1480 g/mol. The van der Waals surface area contributed by atoms with Crippen LogP contribution in [0.1, 0.15) is 171 Å². The minimum Gasteiger partial charge on any atom is -0.379 e. The van der Waals surface area contributed by atoms with E-state index in [1.54, 1.807) is 0 Å². The monoisotopic (exact) mass is 1470 g/mol. The Bertz CT molecular complexity index is 1430. The lowest BCUT2D eigenvalue weighted by Crippen LogP contribution is -2.39. The third-order valence-electron chi connectivity index (χ3n) is 7.63. The summed E-state index contributed by atoms with van der Waals surface area (Å²) < 4.78 is 25.1. The molecule has 538 valence electrons. The zero-order valence-corrected chi connectivity index (χ0v) is 67.0. The number of hydrogen-bond acceptors (Lipinski definition) is 28. The van der Waals surface area contributed by atoms with Gasteiger partial charge in [-0.25, -0.2) is 0 Å². The number of carbonyl (C=O) groups is 11. The maximum Gasteiger partial charge on any atom is 0.224 e. The molecule has 0 aromatic heterocycles. The molecule has 1 amide bonds. The number of ether oxygens (including phenoxy) is 5. The molecular weight excluding hydrogens is 1350 g/mol. The summed E-state index contributed by atoms with van der Waals surface area (Å²) in [4.78, 5) is 117. The van der Waals surface area contributed by atoms with Crippen molar-refractivity contribution in [3.63, 3.8) is 0 Å². The largest absolute Gasteiger partial charge is 0.379 e. The number of nitrogens with zero attached hydrogens (tertiary/aromatic N) is 1. The lowest BCUT2D eigenvalue weighted by atomic mass is 10.3. The molecule has 0 aliphatic rings. The molecule has 0 bridgehead atoms. The van der Waals surface area contributed by atoms with Crippen LogP contribution in [0.3, 0.4) is 0 Å². The molecule has 3 N–H and O–H groups in total. The van der Waals surface area contributed by atoms with Gasteiger partial charge >= 0.3 is 0 Å². The van der Waals surface area contributed by atoms with E-state index in [0.717, 1.165) is 0 Å². The Kier molecular flexibility index (Phi) is 125. The van der Waals surface area contributed by atoms with Gasteiger partial charge in [-0.2, -0.15) is 0 Å². The Labute approximate surface area is 586 Å². The molecule has 29 heteroatoms. The summed E-state index contributed by atoms with van der Waals surface area (Å²) in [5.74, 6) is 12.3. The Balaban J connectivity index is -0.000000101. The van der Waals surface area contributed by atoms with Gasteiger partial charge in [0.25, 0.3) is 0 Å². The summed E-state index contributed by atoms with van der Waals surface area (Å²) in [6.07, 6.45) is 1.97. The summed E-state index contributed by atoms with van der Waals surface area (Å²) in [6.45, 7) is 41.0. The predicted octanol–water partition coefficient (Wildman–Crippen LogP) is 13.3. The lowest BCUT2D eigenvalue weighted by molar-refractivity contribution is -0.137. The number of carbonyl (C=O) groups excluding carboxylic acids is 11. The molecule has 0 atom stereocenters. The van der Waals surface area contributed by atoms with Crippen LogP contribution < -0.4 is 11.1 Å². The Morgan fingerprint density at radius 2 is 0.500 bits per heavy atom. The van der Waals surface area contributed by atoms with Crippen LogP contribution in [-0.2, 0) is 76.4 Å².